The molecule has 2 aliphatic heterocycles. The number of aliphatic hydroxyl groups excluding tert-OH is 1. The van der Waals surface area contributed by atoms with E-state index in [1.165, 1.54) is 0 Å². The van der Waals surface area contributed by atoms with E-state index in [0.29, 0.717) is 13.0 Å². The van der Waals surface area contributed by atoms with Gasteiger partial charge in [0.2, 0.25) is 0 Å². The van der Waals surface area contributed by atoms with Crippen molar-refractivity contribution in [2.45, 2.75) is 42.8 Å². The number of hydrogen-bond donors (Lipinski definition) is 2. The number of ether oxygens (including phenoxy) is 2. The van der Waals surface area contributed by atoms with Crippen LogP contribution in [-0.4, -0.2) is 54.0 Å². The van der Waals surface area contributed by atoms with Gasteiger partial charge in [-0.2, -0.15) is 0 Å². The number of carbonyl (C=O) groups excluding carboxylic acids is 1. The van der Waals surface area contributed by atoms with Crippen molar-refractivity contribution in [3.63, 3.8) is 0 Å². The van der Waals surface area contributed by atoms with Gasteiger partial charge in [0.15, 0.2) is 0 Å². The summed E-state index contributed by atoms with van der Waals surface area (Å²) < 4.78 is 10.8. The van der Waals surface area contributed by atoms with Crippen LogP contribution in [0.25, 0.3) is 0 Å². The van der Waals surface area contributed by atoms with Crippen LogP contribution in [-0.2, 0) is 16.0 Å². The Kier molecular flexibility index (Phi) is 5.46. The van der Waals surface area contributed by atoms with Crippen LogP contribution in [0.2, 0.25) is 0 Å². The number of benzene rings is 1. The van der Waals surface area contributed by atoms with Gasteiger partial charge in [0.05, 0.1) is 13.2 Å². The fourth-order valence-corrected chi connectivity index (χ4v) is 4.25. The van der Waals surface area contributed by atoms with Gasteiger partial charge in [-0.05, 0) is 42.7 Å². The van der Waals surface area contributed by atoms with Crippen LogP contribution in [0.4, 0.5) is 0 Å². The molecule has 0 amide bonds. The first-order chi connectivity index (χ1) is 11.2. The second-order valence-electron chi connectivity index (χ2n) is 6.04. The fraction of sp³-hybridized carbons (Fsp3) is 0.588. The number of nitrogens with one attached hydrogen (secondary N) is 1. The van der Waals surface area contributed by atoms with Gasteiger partial charge in [-0.15, -0.1) is 11.8 Å². The standard InChI is InChI=1S/C17H23NO4S/c1-21-12-6-4-11(5-7-12)9-13-16(14(19)10-18-13)22-17(20)15-3-2-8-23-15/h4-7,13-16,18-19H,2-3,8-10H2,1H3/t13-,14+,15?,16+/m1/s1. The Bertz CT molecular complexity index is 530. The summed E-state index contributed by atoms with van der Waals surface area (Å²) >= 11 is 1.65. The molecule has 6 heteroatoms. The summed E-state index contributed by atoms with van der Waals surface area (Å²) in [6, 6.07) is 7.76. The van der Waals surface area contributed by atoms with Crippen molar-refractivity contribution in [3.05, 3.63) is 29.8 Å². The van der Waals surface area contributed by atoms with Crippen LogP contribution in [0.1, 0.15) is 18.4 Å². The zero-order chi connectivity index (χ0) is 16.2. The minimum Gasteiger partial charge on any atom is -0.497 e. The third-order valence-corrected chi connectivity index (χ3v) is 5.78. The summed E-state index contributed by atoms with van der Waals surface area (Å²) in [6.07, 6.45) is 1.52. The van der Waals surface area contributed by atoms with Crippen molar-refractivity contribution in [1.82, 2.24) is 5.32 Å². The molecule has 0 aromatic heterocycles. The Morgan fingerprint density at radius 1 is 1.39 bits per heavy atom. The van der Waals surface area contributed by atoms with E-state index in [2.05, 4.69) is 5.32 Å². The summed E-state index contributed by atoms with van der Waals surface area (Å²) in [7, 11) is 1.64. The van der Waals surface area contributed by atoms with E-state index in [1.54, 1.807) is 18.9 Å². The predicted molar refractivity (Wildman–Crippen MR) is 89.9 cm³/mol. The molecule has 2 aliphatic rings. The van der Waals surface area contributed by atoms with Gasteiger partial charge in [0, 0.05) is 6.54 Å². The highest BCUT2D eigenvalue weighted by atomic mass is 32.2. The molecule has 23 heavy (non-hydrogen) atoms. The van der Waals surface area contributed by atoms with E-state index in [1.807, 2.05) is 24.3 Å². The van der Waals surface area contributed by atoms with Gasteiger partial charge < -0.3 is 19.9 Å². The molecule has 0 saturated carbocycles. The van der Waals surface area contributed by atoms with Crippen LogP contribution >= 0.6 is 11.8 Å². The highest BCUT2D eigenvalue weighted by Gasteiger charge is 2.39. The zero-order valence-electron chi connectivity index (χ0n) is 13.2. The van der Waals surface area contributed by atoms with Gasteiger partial charge in [0.25, 0.3) is 0 Å². The number of hydrogen-bond acceptors (Lipinski definition) is 6. The minimum absolute atomic E-state index is 0.0613. The lowest BCUT2D eigenvalue weighted by Crippen LogP contribution is -2.40. The Morgan fingerprint density at radius 2 is 2.17 bits per heavy atom. The zero-order valence-corrected chi connectivity index (χ0v) is 14.1. The molecule has 1 unspecified atom stereocenters. The molecule has 5 nitrogen and oxygen atoms in total. The van der Waals surface area contributed by atoms with Crippen LogP contribution in [0.5, 0.6) is 5.75 Å². The van der Waals surface area contributed by atoms with E-state index in [9.17, 15) is 9.90 Å². The molecule has 0 radical (unpaired) electrons. The summed E-state index contributed by atoms with van der Waals surface area (Å²) in [5, 5.41) is 13.3. The number of aliphatic hydroxyl groups is 1. The van der Waals surface area contributed by atoms with Gasteiger partial charge in [-0.3, -0.25) is 4.79 Å². The lowest BCUT2D eigenvalue weighted by molar-refractivity contribution is -0.153. The second-order valence-corrected chi connectivity index (χ2v) is 7.35. The minimum atomic E-state index is -0.645. The number of methoxy groups -OCH3 is 1. The molecule has 1 aromatic rings. The first-order valence-electron chi connectivity index (χ1n) is 8.04. The smallest absolute Gasteiger partial charge is 0.319 e. The lowest BCUT2D eigenvalue weighted by Gasteiger charge is -2.23. The normalized spacial score (nSPS) is 30.3. The Balaban J connectivity index is 1.61. The van der Waals surface area contributed by atoms with Crippen LogP contribution in [0, 0.1) is 0 Å². The summed E-state index contributed by atoms with van der Waals surface area (Å²) in [5.41, 5.74) is 1.12. The number of rotatable bonds is 5. The molecule has 2 N–H and O–H groups in total. The number of thioether (sulfide) groups is 1. The van der Waals surface area contributed by atoms with Crippen molar-refractivity contribution in [1.29, 1.82) is 0 Å². The molecule has 0 bridgehead atoms. The molecule has 4 atom stereocenters. The van der Waals surface area contributed by atoms with Gasteiger partial charge in [0.1, 0.15) is 23.2 Å². The maximum atomic E-state index is 12.2. The molecule has 3 rings (SSSR count). The van der Waals surface area contributed by atoms with Crippen molar-refractivity contribution < 1.29 is 19.4 Å². The second kappa shape index (κ2) is 7.55. The predicted octanol–water partition coefficient (Wildman–Crippen LogP) is 1.38. The average Bonchev–Trinajstić information content (AvgIpc) is 3.21. The molecular weight excluding hydrogens is 314 g/mol. The van der Waals surface area contributed by atoms with Crippen molar-refractivity contribution >= 4 is 17.7 Å². The first kappa shape index (κ1) is 16.6. The van der Waals surface area contributed by atoms with E-state index >= 15 is 0 Å². The summed E-state index contributed by atoms with van der Waals surface area (Å²) in [4.78, 5) is 12.2. The van der Waals surface area contributed by atoms with E-state index in [4.69, 9.17) is 9.47 Å². The number of β-amino-alcohol motifs (C(OH)–C–C–N with tert-alkyl or cyclic N) is 1. The average molecular weight is 337 g/mol. The molecular formula is C17H23NO4S. The van der Waals surface area contributed by atoms with E-state index in [0.717, 1.165) is 29.9 Å². The quantitative estimate of drug-likeness (QED) is 0.791. The molecule has 0 spiro atoms. The Labute approximate surface area is 140 Å². The summed E-state index contributed by atoms with van der Waals surface area (Å²) in [6.45, 7) is 0.455. The highest BCUT2D eigenvalue weighted by molar-refractivity contribution is 8.00. The largest absolute Gasteiger partial charge is 0.497 e. The topological polar surface area (TPSA) is 67.8 Å². The molecule has 0 aliphatic carbocycles. The molecule has 1 aromatic carbocycles. The van der Waals surface area contributed by atoms with Crippen LogP contribution < -0.4 is 10.1 Å². The lowest BCUT2D eigenvalue weighted by atomic mass is 10.0. The Hall–Kier alpha value is -1.24. The fourth-order valence-electron chi connectivity index (χ4n) is 3.11. The molecule has 2 heterocycles. The molecule has 126 valence electrons. The third-order valence-electron chi connectivity index (χ3n) is 4.42. The van der Waals surface area contributed by atoms with E-state index < -0.39 is 12.2 Å². The van der Waals surface area contributed by atoms with Crippen LogP contribution in [0.3, 0.4) is 0 Å². The number of esters is 1. The molecule has 2 fully saturated rings. The maximum Gasteiger partial charge on any atom is 0.319 e. The van der Waals surface area contributed by atoms with Gasteiger partial charge in [-0.1, -0.05) is 12.1 Å². The first-order valence-corrected chi connectivity index (χ1v) is 9.08. The SMILES string of the molecule is COc1ccc(C[C@H]2NC[C@H](O)[C@H]2OC(=O)C2CCCS2)cc1. The van der Waals surface area contributed by atoms with Crippen molar-refractivity contribution in [3.8, 4) is 5.75 Å². The number of carbonyl (C=O) groups is 1. The van der Waals surface area contributed by atoms with Gasteiger partial charge in [-0.25, -0.2) is 0 Å². The molecule has 2 saturated heterocycles. The van der Waals surface area contributed by atoms with E-state index in [-0.39, 0.29) is 17.3 Å². The monoisotopic (exact) mass is 337 g/mol. The highest BCUT2D eigenvalue weighted by Crippen LogP contribution is 2.28. The summed E-state index contributed by atoms with van der Waals surface area (Å²) in [5.74, 6) is 1.65. The van der Waals surface area contributed by atoms with Gasteiger partial charge >= 0.3 is 5.97 Å². The third kappa shape index (κ3) is 4.00. The van der Waals surface area contributed by atoms with Crippen molar-refractivity contribution in [2.75, 3.05) is 19.4 Å². The van der Waals surface area contributed by atoms with Crippen molar-refractivity contribution in [2.24, 2.45) is 0 Å². The van der Waals surface area contributed by atoms with Crippen LogP contribution in [0.15, 0.2) is 24.3 Å². The maximum absolute atomic E-state index is 12.2. The Morgan fingerprint density at radius 3 is 2.83 bits per heavy atom.